The van der Waals surface area contributed by atoms with Gasteiger partial charge in [-0.15, -0.1) is 0 Å². The van der Waals surface area contributed by atoms with E-state index in [0.717, 1.165) is 29.2 Å². The molecule has 1 aromatic carbocycles. The molecule has 3 heteroatoms. The smallest absolute Gasteiger partial charge is 0.188 e. The van der Waals surface area contributed by atoms with Gasteiger partial charge in [0, 0.05) is 11.1 Å². The molecule has 1 aromatic heterocycles. The van der Waals surface area contributed by atoms with Crippen molar-refractivity contribution in [2.24, 2.45) is 5.41 Å². The lowest BCUT2D eigenvalue weighted by Gasteiger charge is -2.22. The first-order valence-electron chi connectivity index (χ1n) is 7.88. The van der Waals surface area contributed by atoms with Crippen molar-refractivity contribution in [1.29, 1.82) is 0 Å². The second-order valence-electron chi connectivity index (χ2n) is 6.32. The van der Waals surface area contributed by atoms with Crippen LogP contribution in [0.3, 0.4) is 0 Å². The minimum absolute atomic E-state index is 0.144. The van der Waals surface area contributed by atoms with E-state index >= 15 is 0 Å². The highest BCUT2D eigenvalue weighted by atomic mass is 32.1. The van der Waals surface area contributed by atoms with E-state index in [1.807, 2.05) is 0 Å². The third-order valence-electron chi connectivity index (χ3n) is 4.68. The minimum atomic E-state index is 0.144. The predicted molar refractivity (Wildman–Crippen MR) is 95.2 cm³/mol. The van der Waals surface area contributed by atoms with Gasteiger partial charge < -0.3 is 5.32 Å². The molecule has 0 amide bonds. The third-order valence-corrected chi connectivity index (χ3v) is 5.61. The number of aromatic nitrogens is 1. The van der Waals surface area contributed by atoms with E-state index in [1.165, 1.54) is 28.7 Å². The zero-order chi connectivity index (χ0) is 15.2. The van der Waals surface area contributed by atoms with Gasteiger partial charge in [-0.05, 0) is 55.9 Å². The number of anilines is 1. The largest absolute Gasteiger partial charge is 0.335 e. The van der Waals surface area contributed by atoms with E-state index in [1.54, 1.807) is 11.3 Å². The van der Waals surface area contributed by atoms with Crippen molar-refractivity contribution in [3.63, 3.8) is 0 Å². The summed E-state index contributed by atoms with van der Waals surface area (Å²) < 4.78 is 1.23. The summed E-state index contributed by atoms with van der Waals surface area (Å²) in [4.78, 5) is 4.69. The number of nitrogens with zero attached hydrogens (tertiary/aromatic N) is 1. The molecule has 1 saturated carbocycles. The van der Waals surface area contributed by atoms with Crippen LogP contribution in [0.1, 0.15) is 31.2 Å². The number of nitrogens with one attached hydrogen (secondary N) is 1. The highest BCUT2D eigenvalue weighted by Gasteiger charge is 2.48. The van der Waals surface area contributed by atoms with Crippen molar-refractivity contribution in [2.75, 3.05) is 5.32 Å². The maximum Gasteiger partial charge on any atom is 0.188 e. The Hall–Kier alpha value is -1.87. The van der Waals surface area contributed by atoms with Crippen molar-refractivity contribution < 1.29 is 0 Å². The molecule has 2 nitrogen and oxygen atoms in total. The highest BCUT2D eigenvalue weighted by molar-refractivity contribution is 7.22. The quantitative estimate of drug-likeness (QED) is 0.796. The van der Waals surface area contributed by atoms with Crippen LogP contribution < -0.4 is 5.32 Å². The van der Waals surface area contributed by atoms with Gasteiger partial charge in [-0.3, -0.25) is 0 Å². The Balaban J connectivity index is 1.58. The second kappa shape index (κ2) is 5.10. The zero-order valence-corrected chi connectivity index (χ0v) is 13.7. The maximum atomic E-state index is 4.69. The van der Waals surface area contributed by atoms with Gasteiger partial charge in [-0.2, -0.15) is 0 Å². The number of fused-ring (bicyclic) bond motifs is 1. The summed E-state index contributed by atoms with van der Waals surface area (Å²) >= 11 is 1.71. The molecule has 22 heavy (non-hydrogen) atoms. The summed E-state index contributed by atoms with van der Waals surface area (Å²) in [7, 11) is 0. The molecule has 112 valence electrons. The molecule has 0 radical (unpaired) electrons. The van der Waals surface area contributed by atoms with E-state index < -0.39 is 0 Å². The van der Waals surface area contributed by atoms with Crippen LogP contribution in [-0.4, -0.2) is 4.98 Å². The molecule has 0 saturated heterocycles. The van der Waals surface area contributed by atoms with Gasteiger partial charge in [0.15, 0.2) is 5.13 Å². The van der Waals surface area contributed by atoms with E-state index in [2.05, 4.69) is 60.2 Å². The molecule has 2 aliphatic carbocycles. The Morgan fingerprint density at radius 1 is 1.32 bits per heavy atom. The molecule has 2 aromatic rings. The standard InChI is InChI=1S/C19H20N2S/c1-13-8-9-16-17(12-13)22-18(21-16)20-14(2)19(10-11-19)15-6-4-3-5-7-15/h4,6-9,12H,2-3,5,10-11H2,1H3,(H,20,21). The van der Waals surface area contributed by atoms with Gasteiger partial charge in [0.1, 0.15) is 0 Å². The van der Waals surface area contributed by atoms with Crippen molar-refractivity contribution in [3.8, 4) is 0 Å². The molecule has 1 N–H and O–H groups in total. The van der Waals surface area contributed by atoms with E-state index in [9.17, 15) is 0 Å². The van der Waals surface area contributed by atoms with Crippen LogP contribution >= 0.6 is 11.3 Å². The summed E-state index contributed by atoms with van der Waals surface area (Å²) in [6.07, 6.45) is 11.6. The van der Waals surface area contributed by atoms with Gasteiger partial charge >= 0.3 is 0 Å². The molecule has 1 heterocycles. The number of hydrogen-bond acceptors (Lipinski definition) is 3. The Morgan fingerprint density at radius 3 is 2.91 bits per heavy atom. The number of aryl methyl sites for hydroxylation is 1. The molecular weight excluding hydrogens is 288 g/mol. The van der Waals surface area contributed by atoms with E-state index in [4.69, 9.17) is 0 Å². The molecule has 0 bridgehead atoms. The molecule has 0 spiro atoms. The Kier molecular flexibility index (Phi) is 3.19. The molecule has 0 atom stereocenters. The summed E-state index contributed by atoms with van der Waals surface area (Å²) in [6.45, 7) is 6.45. The van der Waals surface area contributed by atoms with Crippen LogP contribution in [0.4, 0.5) is 5.13 Å². The van der Waals surface area contributed by atoms with Crippen LogP contribution in [0.2, 0.25) is 0 Å². The topological polar surface area (TPSA) is 24.9 Å². The maximum absolute atomic E-state index is 4.69. The fraction of sp³-hybridized carbons (Fsp3) is 0.316. The average Bonchev–Trinajstić information content (AvgIpc) is 3.25. The lowest BCUT2D eigenvalue weighted by atomic mass is 9.89. The Morgan fingerprint density at radius 2 is 2.18 bits per heavy atom. The molecule has 1 fully saturated rings. The number of allylic oxidation sites excluding steroid dienone is 4. The van der Waals surface area contributed by atoms with Crippen molar-refractivity contribution in [1.82, 2.24) is 4.98 Å². The van der Waals surface area contributed by atoms with Crippen molar-refractivity contribution in [3.05, 3.63) is 59.8 Å². The van der Waals surface area contributed by atoms with Gasteiger partial charge in [0.05, 0.1) is 10.2 Å². The SMILES string of the molecule is C=C(Nc1nc2ccc(C)cc2s1)C1(C2=CCCC=C2)CC1. The molecule has 0 unspecified atom stereocenters. The molecule has 0 aliphatic heterocycles. The zero-order valence-electron chi connectivity index (χ0n) is 12.9. The minimum Gasteiger partial charge on any atom is -0.335 e. The molecule has 2 aliphatic rings. The van der Waals surface area contributed by atoms with Crippen molar-refractivity contribution in [2.45, 2.75) is 32.6 Å². The van der Waals surface area contributed by atoms with Gasteiger partial charge in [0.25, 0.3) is 0 Å². The van der Waals surface area contributed by atoms with Crippen LogP contribution in [-0.2, 0) is 0 Å². The molecular formula is C19H20N2S. The van der Waals surface area contributed by atoms with E-state index in [0.29, 0.717) is 0 Å². The fourth-order valence-corrected chi connectivity index (χ4v) is 4.18. The van der Waals surface area contributed by atoms with Crippen LogP contribution in [0.15, 0.2) is 54.3 Å². The van der Waals surface area contributed by atoms with Crippen molar-refractivity contribution >= 4 is 26.7 Å². The van der Waals surface area contributed by atoms with Crippen LogP contribution in [0.5, 0.6) is 0 Å². The van der Waals surface area contributed by atoms with Gasteiger partial charge in [0.2, 0.25) is 0 Å². The first-order chi connectivity index (χ1) is 10.7. The third kappa shape index (κ3) is 2.30. The van der Waals surface area contributed by atoms with Crippen LogP contribution in [0.25, 0.3) is 10.2 Å². The lowest BCUT2D eigenvalue weighted by molar-refractivity contribution is 0.739. The summed E-state index contributed by atoms with van der Waals surface area (Å²) in [5.74, 6) is 0. The highest BCUT2D eigenvalue weighted by Crippen LogP contribution is 2.58. The number of rotatable bonds is 4. The number of benzene rings is 1. The summed E-state index contributed by atoms with van der Waals surface area (Å²) in [5, 5.41) is 4.44. The van der Waals surface area contributed by atoms with E-state index in [-0.39, 0.29) is 5.41 Å². The Labute approximate surface area is 135 Å². The van der Waals surface area contributed by atoms with Crippen LogP contribution in [0, 0.1) is 12.3 Å². The second-order valence-corrected chi connectivity index (χ2v) is 7.35. The number of thiazole rings is 1. The normalized spacial score (nSPS) is 19.0. The fourth-order valence-electron chi connectivity index (χ4n) is 3.19. The average molecular weight is 308 g/mol. The first-order valence-corrected chi connectivity index (χ1v) is 8.70. The van der Waals surface area contributed by atoms with Gasteiger partial charge in [-0.25, -0.2) is 4.98 Å². The molecule has 4 rings (SSSR count). The summed E-state index contributed by atoms with van der Waals surface area (Å²) in [5.41, 5.74) is 5.02. The first kappa shape index (κ1) is 13.8. The number of hydrogen-bond donors (Lipinski definition) is 1. The summed E-state index contributed by atoms with van der Waals surface area (Å²) in [6, 6.07) is 6.40. The van der Waals surface area contributed by atoms with Gasteiger partial charge in [-0.1, -0.05) is 42.2 Å². The Bertz CT molecular complexity index is 806. The monoisotopic (exact) mass is 308 g/mol. The predicted octanol–water partition coefficient (Wildman–Crippen LogP) is 5.59. The lowest BCUT2D eigenvalue weighted by Crippen LogP contribution is -2.14.